The predicted molar refractivity (Wildman–Crippen MR) is 64.6 cm³/mol. The number of nitrogens with one attached hydrogen (secondary N) is 1. The van der Waals surface area contributed by atoms with Crippen LogP contribution >= 0.6 is 11.6 Å². The molecule has 1 unspecified atom stereocenters. The second-order valence-electron chi connectivity index (χ2n) is 3.78. The first kappa shape index (κ1) is 12.8. The van der Waals surface area contributed by atoms with Crippen molar-refractivity contribution in [1.29, 1.82) is 5.26 Å². The number of nitriles is 1. The lowest BCUT2D eigenvalue weighted by Gasteiger charge is -2.15. The first-order chi connectivity index (χ1) is 7.58. The predicted octanol–water partition coefficient (Wildman–Crippen LogP) is 2.91. The molecule has 4 heteroatoms. The summed E-state index contributed by atoms with van der Waals surface area (Å²) in [4.78, 5) is 0. The van der Waals surface area contributed by atoms with Crippen molar-refractivity contribution in [3.63, 3.8) is 0 Å². The zero-order valence-corrected chi connectivity index (χ0v) is 10.4. The third kappa shape index (κ3) is 3.13. The van der Waals surface area contributed by atoms with E-state index in [4.69, 9.17) is 21.6 Å². The summed E-state index contributed by atoms with van der Waals surface area (Å²) >= 11 is 6.00. The fraction of sp³-hybridized carbons (Fsp3) is 0.417. The van der Waals surface area contributed by atoms with Crippen molar-refractivity contribution in [2.45, 2.75) is 25.9 Å². The van der Waals surface area contributed by atoms with Crippen LogP contribution in [0.25, 0.3) is 0 Å². The Kier molecular flexibility index (Phi) is 4.60. The third-order valence-electron chi connectivity index (χ3n) is 2.14. The van der Waals surface area contributed by atoms with Gasteiger partial charge in [-0.1, -0.05) is 17.7 Å². The Morgan fingerprint density at radius 1 is 1.44 bits per heavy atom. The van der Waals surface area contributed by atoms with E-state index in [1.54, 1.807) is 19.2 Å². The van der Waals surface area contributed by atoms with E-state index in [0.717, 1.165) is 5.56 Å². The minimum atomic E-state index is -0.344. The molecule has 0 spiro atoms. The van der Waals surface area contributed by atoms with E-state index in [2.05, 4.69) is 11.4 Å². The van der Waals surface area contributed by atoms with Gasteiger partial charge in [0.2, 0.25) is 0 Å². The van der Waals surface area contributed by atoms with Crippen molar-refractivity contribution in [3.05, 3.63) is 28.8 Å². The Morgan fingerprint density at radius 2 is 2.12 bits per heavy atom. The maximum absolute atomic E-state index is 9.06. The molecule has 16 heavy (non-hydrogen) atoms. The zero-order valence-electron chi connectivity index (χ0n) is 9.62. The highest BCUT2D eigenvalue weighted by Gasteiger charge is 2.13. The molecule has 0 saturated heterocycles. The van der Waals surface area contributed by atoms with Gasteiger partial charge in [-0.05, 0) is 31.5 Å². The Labute approximate surface area is 101 Å². The molecule has 0 aliphatic carbocycles. The van der Waals surface area contributed by atoms with Gasteiger partial charge in [0, 0.05) is 6.04 Å². The van der Waals surface area contributed by atoms with Crippen LogP contribution in [0.1, 0.15) is 25.5 Å². The van der Waals surface area contributed by atoms with Crippen molar-refractivity contribution < 1.29 is 4.74 Å². The highest BCUT2D eigenvalue weighted by atomic mass is 35.5. The Morgan fingerprint density at radius 3 is 2.56 bits per heavy atom. The molecule has 0 radical (unpaired) electrons. The monoisotopic (exact) mass is 238 g/mol. The van der Waals surface area contributed by atoms with Gasteiger partial charge in [0.1, 0.15) is 11.8 Å². The highest BCUT2D eigenvalue weighted by molar-refractivity contribution is 6.32. The first-order valence-corrected chi connectivity index (χ1v) is 5.45. The fourth-order valence-corrected chi connectivity index (χ4v) is 1.67. The van der Waals surface area contributed by atoms with Gasteiger partial charge in [-0.2, -0.15) is 5.26 Å². The number of ether oxygens (including phenoxy) is 1. The molecule has 0 amide bonds. The second kappa shape index (κ2) is 5.74. The molecule has 1 aromatic rings. The topological polar surface area (TPSA) is 45.0 Å². The van der Waals surface area contributed by atoms with Crippen LogP contribution in [-0.4, -0.2) is 13.2 Å². The SMILES string of the molecule is COc1ccc(C(C#N)NC(C)C)cc1Cl. The van der Waals surface area contributed by atoms with E-state index in [1.807, 2.05) is 19.9 Å². The maximum Gasteiger partial charge on any atom is 0.137 e. The third-order valence-corrected chi connectivity index (χ3v) is 2.43. The molecule has 1 aromatic carbocycles. The van der Waals surface area contributed by atoms with E-state index in [9.17, 15) is 0 Å². The van der Waals surface area contributed by atoms with Crippen LogP contribution in [-0.2, 0) is 0 Å². The normalized spacial score (nSPS) is 12.2. The quantitative estimate of drug-likeness (QED) is 0.877. The van der Waals surface area contributed by atoms with Gasteiger partial charge in [0.05, 0.1) is 18.2 Å². The summed E-state index contributed by atoms with van der Waals surface area (Å²) in [6.07, 6.45) is 0. The Bertz CT molecular complexity index is 398. The number of rotatable bonds is 4. The van der Waals surface area contributed by atoms with Crippen LogP contribution in [0, 0.1) is 11.3 Å². The number of benzene rings is 1. The van der Waals surface area contributed by atoms with Gasteiger partial charge in [-0.25, -0.2) is 0 Å². The van der Waals surface area contributed by atoms with E-state index in [0.29, 0.717) is 10.8 Å². The smallest absolute Gasteiger partial charge is 0.137 e. The fourth-order valence-electron chi connectivity index (χ4n) is 1.40. The summed E-state index contributed by atoms with van der Waals surface area (Å²) in [7, 11) is 1.56. The standard InChI is InChI=1S/C12H15ClN2O/c1-8(2)15-11(7-14)9-4-5-12(16-3)10(13)6-9/h4-6,8,11,15H,1-3H3. The van der Waals surface area contributed by atoms with Crippen LogP contribution in [0.2, 0.25) is 5.02 Å². The maximum atomic E-state index is 9.06. The van der Waals surface area contributed by atoms with Gasteiger partial charge >= 0.3 is 0 Å². The van der Waals surface area contributed by atoms with Gasteiger partial charge in [0.15, 0.2) is 0 Å². The number of hydrogen-bond acceptors (Lipinski definition) is 3. The Hall–Kier alpha value is -1.24. The van der Waals surface area contributed by atoms with Crippen molar-refractivity contribution in [3.8, 4) is 11.8 Å². The minimum Gasteiger partial charge on any atom is -0.495 e. The molecule has 86 valence electrons. The van der Waals surface area contributed by atoms with E-state index in [-0.39, 0.29) is 12.1 Å². The van der Waals surface area contributed by atoms with Crippen LogP contribution in [0.15, 0.2) is 18.2 Å². The van der Waals surface area contributed by atoms with Crippen LogP contribution in [0.4, 0.5) is 0 Å². The molecule has 1 N–H and O–H groups in total. The van der Waals surface area contributed by atoms with Crippen molar-refractivity contribution in [2.75, 3.05) is 7.11 Å². The van der Waals surface area contributed by atoms with Crippen molar-refractivity contribution >= 4 is 11.6 Å². The van der Waals surface area contributed by atoms with Gasteiger partial charge in [-0.3, -0.25) is 5.32 Å². The van der Waals surface area contributed by atoms with Crippen LogP contribution in [0.3, 0.4) is 0 Å². The second-order valence-corrected chi connectivity index (χ2v) is 4.18. The molecule has 0 aromatic heterocycles. The summed E-state index contributed by atoms with van der Waals surface area (Å²) in [5, 5.41) is 12.7. The summed E-state index contributed by atoms with van der Waals surface area (Å²) in [6.45, 7) is 3.99. The molecule has 3 nitrogen and oxygen atoms in total. The molecule has 1 atom stereocenters. The summed E-state index contributed by atoms with van der Waals surface area (Å²) < 4.78 is 5.06. The number of hydrogen-bond donors (Lipinski definition) is 1. The lowest BCUT2D eigenvalue weighted by atomic mass is 10.1. The molecule has 0 aliphatic heterocycles. The lowest BCUT2D eigenvalue weighted by molar-refractivity contribution is 0.414. The minimum absolute atomic E-state index is 0.241. The molecular formula is C12H15ClN2O. The van der Waals surface area contributed by atoms with E-state index < -0.39 is 0 Å². The lowest BCUT2D eigenvalue weighted by Crippen LogP contribution is -2.27. The summed E-state index contributed by atoms with van der Waals surface area (Å²) in [5.41, 5.74) is 0.849. The zero-order chi connectivity index (χ0) is 12.1. The summed E-state index contributed by atoms with van der Waals surface area (Å²) in [5.74, 6) is 0.617. The largest absolute Gasteiger partial charge is 0.495 e. The van der Waals surface area contributed by atoms with E-state index >= 15 is 0 Å². The molecule has 0 aliphatic rings. The van der Waals surface area contributed by atoms with Crippen molar-refractivity contribution in [1.82, 2.24) is 5.32 Å². The Balaban J connectivity index is 2.95. The van der Waals surface area contributed by atoms with Crippen molar-refractivity contribution in [2.24, 2.45) is 0 Å². The summed E-state index contributed by atoms with van der Waals surface area (Å²) in [6, 6.07) is 7.46. The first-order valence-electron chi connectivity index (χ1n) is 5.07. The molecular weight excluding hydrogens is 224 g/mol. The van der Waals surface area contributed by atoms with E-state index in [1.165, 1.54) is 0 Å². The highest BCUT2D eigenvalue weighted by Crippen LogP contribution is 2.27. The van der Waals surface area contributed by atoms with Crippen LogP contribution < -0.4 is 10.1 Å². The van der Waals surface area contributed by atoms with Gasteiger partial charge in [-0.15, -0.1) is 0 Å². The molecule has 0 bridgehead atoms. The molecule has 0 fully saturated rings. The van der Waals surface area contributed by atoms with Gasteiger partial charge in [0.25, 0.3) is 0 Å². The molecule has 0 heterocycles. The number of halogens is 1. The average Bonchev–Trinajstić information content (AvgIpc) is 2.25. The number of nitrogens with zero attached hydrogens (tertiary/aromatic N) is 1. The van der Waals surface area contributed by atoms with Crippen LogP contribution in [0.5, 0.6) is 5.75 Å². The molecule has 1 rings (SSSR count). The number of methoxy groups -OCH3 is 1. The van der Waals surface area contributed by atoms with Gasteiger partial charge < -0.3 is 4.74 Å². The molecule has 0 saturated carbocycles. The average molecular weight is 239 g/mol.